The van der Waals surface area contributed by atoms with Gasteiger partial charge < -0.3 is 20.7 Å². The molecule has 7 heteroatoms. The number of carbonyl (C=O) groups is 2. The molecule has 0 saturated carbocycles. The molecule has 2 rings (SSSR count). The van der Waals surface area contributed by atoms with Crippen LogP contribution in [0.25, 0.3) is 0 Å². The Kier molecular flexibility index (Phi) is 6.65. The SMILES string of the molecule is CCNC(=O)COc1ccc(NC(=O)Nc2ccc(C)c(Cl)c2)cc1. The number of urea groups is 1. The number of anilines is 2. The molecule has 2 aromatic rings. The van der Waals surface area contributed by atoms with Crippen molar-refractivity contribution >= 4 is 34.9 Å². The van der Waals surface area contributed by atoms with Gasteiger partial charge in [0.2, 0.25) is 0 Å². The van der Waals surface area contributed by atoms with Crippen LogP contribution in [0.1, 0.15) is 12.5 Å². The summed E-state index contributed by atoms with van der Waals surface area (Å²) in [6.45, 7) is 4.25. The van der Waals surface area contributed by atoms with Crippen LogP contribution in [0, 0.1) is 6.92 Å². The molecule has 0 atom stereocenters. The zero-order chi connectivity index (χ0) is 18.2. The first-order chi connectivity index (χ1) is 12.0. The molecular formula is C18H20ClN3O3. The molecule has 25 heavy (non-hydrogen) atoms. The summed E-state index contributed by atoms with van der Waals surface area (Å²) in [5.41, 5.74) is 2.15. The summed E-state index contributed by atoms with van der Waals surface area (Å²) in [5.74, 6) is 0.364. The summed E-state index contributed by atoms with van der Waals surface area (Å²) in [4.78, 5) is 23.3. The number of carbonyl (C=O) groups excluding carboxylic acids is 2. The van der Waals surface area contributed by atoms with E-state index in [0.29, 0.717) is 28.7 Å². The molecule has 3 N–H and O–H groups in total. The smallest absolute Gasteiger partial charge is 0.323 e. The lowest BCUT2D eigenvalue weighted by Gasteiger charge is -2.10. The summed E-state index contributed by atoms with van der Waals surface area (Å²) in [5, 5.41) is 8.65. The Morgan fingerprint density at radius 1 is 1.04 bits per heavy atom. The minimum Gasteiger partial charge on any atom is -0.484 e. The fraction of sp³-hybridized carbons (Fsp3) is 0.222. The minimum absolute atomic E-state index is 0.0463. The standard InChI is InChI=1S/C18H20ClN3O3/c1-3-20-17(23)11-25-15-8-6-13(7-9-15)21-18(24)22-14-5-4-12(2)16(19)10-14/h4-10H,3,11H2,1-2H3,(H,20,23)(H2,21,22,24). The van der Waals surface area contributed by atoms with Crippen molar-refractivity contribution in [1.29, 1.82) is 0 Å². The lowest BCUT2D eigenvalue weighted by Crippen LogP contribution is -2.28. The van der Waals surface area contributed by atoms with Gasteiger partial charge in [0.15, 0.2) is 6.61 Å². The molecule has 0 bridgehead atoms. The number of nitrogens with one attached hydrogen (secondary N) is 3. The second kappa shape index (κ2) is 8.94. The van der Waals surface area contributed by atoms with E-state index in [0.717, 1.165) is 5.56 Å². The Hall–Kier alpha value is -2.73. The number of hydrogen-bond acceptors (Lipinski definition) is 3. The summed E-state index contributed by atoms with van der Waals surface area (Å²) in [6.07, 6.45) is 0. The average molecular weight is 362 g/mol. The van der Waals surface area contributed by atoms with Crippen LogP contribution in [0.4, 0.5) is 16.2 Å². The Labute approximate surface area is 151 Å². The summed E-state index contributed by atoms with van der Waals surface area (Å²) in [6, 6.07) is 11.7. The van der Waals surface area contributed by atoms with Gasteiger partial charge in [-0.2, -0.15) is 0 Å². The number of hydrogen-bond donors (Lipinski definition) is 3. The second-order valence-electron chi connectivity index (χ2n) is 5.31. The van der Waals surface area contributed by atoms with Gasteiger partial charge in [-0.1, -0.05) is 17.7 Å². The van der Waals surface area contributed by atoms with Gasteiger partial charge in [0.1, 0.15) is 5.75 Å². The number of amides is 3. The first-order valence-electron chi connectivity index (χ1n) is 7.81. The third-order valence-corrected chi connectivity index (χ3v) is 3.69. The normalized spacial score (nSPS) is 10.0. The van der Waals surface area contributed by atoms with Crippen molar-refractivity contribution in [2.45, 2.75) is 13.8 Å². The Balaban J connectivity index is 1.86. The van der Waals surface area contributed by atoms with E-state index in [1.807, 2.05) is 19.9 Å². The molecule has 132 valence electrons. The molecule has 2 aromatic carbocycles. The lowest BCUT2D eigenvalue weighted by molar-refractivity contribution is -0.122. The average Bonchev–Trinajstić information content (AvgIpc) is 2.58. The van der Waals surface area contributed by atoms with Crippen molar-refractivity contribution in [3.05, 3.63) is 53.1 Å². The van der Waals surface area contributed by atoms with Crippen LogP contribution < -0.4 is 20.7 Å². The number of rotatable bonds is 6. The zero-order valence-electron chi connectivity index (χ0n) is 14.1. The number of halogens is 1. The van der Waals surface area contributed by atoms with Crippen molar-refractivity contribution in [2.75, 3.05) is 23.8 Å². The first kappa shape index (κ1) is 18.6. The third-order valence-electron chi connectivity index (χ3n) is 3.29. The monoisotopic (exact) mass is 361 g/mol. The zero-order valence-corrected chi connectivity index (χ0v) is 14.8. The van der Waals surface area contributed by atoms with Gasteiger partial charge in [-0.15, -0.1) is 0 Å². The first-order valence-corrected chi connectivity index (χ1v) is 8.19. The van der Waals surface area contributed by atoms with Gasteiger partial charge in [0, 0.05) is 22.9 Å². The second-order valence-corrected chi connectivity index (χ2v) is 5.72. The predicted molar refractivity (Wildman–Crippen MR) is 99.5 cm³/mol. The molecule has 0 unspecified atom stereocenters. The molecule has 3 amide bonds. The molecule has 0 aliphatic rings. The summed E-state index contributed by atoms with van der Waals surface area (Å²) in [7, 11) is 0. The van der Waals surface area contributed by atoms with Gasteiger partial charge in [0.25, 0.3) is 5.91 Å². The number of ether oxygens (including phenoxy) is 1. The van der Waals surface area contributed by atoms with Crippen molar-refractivity contribution in [2.24, 2.45) is 0 Å². The van der Waals surface area contributed by atoms with E-state index in [2.05, 4.69) is 16.0 Å². The highest BCUT2D eigenvalue weighted by molar-refractivity contribution is 6.31. The third kappa shape index (κ3) is 6.00. The topological polar surface area (TPSA) is 79.5 Å². The Morgan fingerprint density at radius 3 is 2.32 bits per heavy atom. The van der Waals surface area contributed by atoms with E-state index < -0.39 is 0 Å². The molecule has 0 radical (unpaired) electrons. The predicted octanol–water partition coefficient (Wildman–Crippen LogP) is 3.81. The molecule has 0 spiro atoms. The van der Waals surface area contributed by atoms with E-state index >= 15 is 0 Å². The molecular weight excluding hydrogens is 342 g/mol. The Bertz CT molecular complexity index is 748. The van der Waals surface area contributed by atoms with Crippen LogP contribution in [-0.4, -0.2) is 25.1 Å². The van der Waals surface area contributed by atoms with Crippen molar-refractivity contribution < 1.29 is 14.3 Å². The lowest BCUT2D eigenvalue weighted by atomic mass is 10.2. The number of aryl methyl sites for hydroxylation is 1. The maximum absolute atomic E-state index is 12.0. The summed E-state index contributed by atoms with van der Waals surface area (Å²) >= 11 is 6.03. The van der Waals surface area contributed by atoms with E-state index in [1.165, 1.54) is 0 Å². The van der Waals surface area contributed by atoms with E-state index in [1.54, 1.807) is 36.4 Å². The van der Waals surface area contributed by atoms with Crippen molar-refractivity contribution in [3.8, 4) is 5.75 Å². The van der Waals surface area contributed by atoms with Gasteiger partial charge in [-0.25, -0.2) is 4.79 Å². The molecule has 0 aliphatic carbocycles. The van der Waals surface area contributed by atoms with Gasteiger partial charge >= 0.3 is 6.03 Å². The molecule has 6 nitrogen and oxygen atoms in total. The number of likely N-dealkylation sites (N-methyl/N-ethyl adjacent to an activating group) is 1. The van der Waals surface area contributed by atoms with Gasteiger partial charge in [-0.3, -0.25) is 4.79 Å². The van der Waals surface area contributed by atoms with E-state index in [-0.39, 0.29) is 18.5 Å². The van der Waals surface area contributed by atoms with Crippen molar-refractivity contribution in [1.82, 2.24) is 5.32 Å². The van der Waals surface area contributed by atoms with Crippen LogP contribution in [0.5, 0.6) is 5.75 Å². The van der Waals surface area contributed by atoms with Gasteiger partial charge in [-0.05, 0) is 55.8 Å². The van der Waals surface area contributed by atoms with Gasteiger partial charge in [0.05, 0.1) is 0 Å². The molecule has 0 aromatic heterocycles. The fourth-order valence-electron chi connectivity index (χ4n) is 2.00. The maximum atomic E-state index is 12.0. The minimum atomic E-state index is -0.379. The van der Waals surface area contributed by atoms with E-state index in [4.69, 9.17) is 16.3 Å². The maximum Gasteiger partial charge on any atom is 0.323 e. The van der Waals surface area contributed by atoms with Crippen LogP contribution >= 0.6 is 11.6 Å². The quantitative estimate of drug-likeness (QED) is 0.732. The van der Waals surface area contributed by atoms with Crippen LogP contribution in [0.2, 0.25) is 5.02 Å². The molecule has 0 fully saturated rings. The fourth-order valence-corrected chi connectivity index (χ4v) is 2.18. The van der Waals surface area contributed by atoms with Crippen LogP contribution in [0.3, 0.4) is 0 Å². The molecule has 0 aliphatic heterocycles. The largest absolute Gasteiger partial charge is 0.484 e. The molecule has 0 saturated heterocycles. The van der Waals surface area contributed by atoms with E-state index in [9.17, 15) is 9.59 Å². The summed E-state index contributed by atoms with van der Waals surface area (Å²) < 4.78 is 5.35. The number of benzene rings is 2. The van der Waals surface area contributed by atoms with Crippen molar-refractivity contribution in [3.63, 3.8) is 0 Å². The highest BCUT2D eigenvalue weighted by Crippen LogP contribution is 2.20. The molecule has 0 heterocycles. The van der Waals surface area contributed by atoms with Crippen LogP contribution in [-0.2, 0) is 4.79 Å². The van der Waals surface area contributed by atoms with Crippen LogP contribution in [0.15, 0.2) is 42.5 Å². The highest BCUT2D eigenvalue weighted by Gasteiger charge is 2.05. The highest BCUT2D eigenvalue weighted by atomic mass is 35.5. The Morgan fingerprint density at radius 2 is 1.68 bits per heavy atom.